The third kappa shape index (κ3) is 3.62. The van der Waals surface area contributed by atoms with Gasteiger partial charge in [-0.25, -0.2) is 0 Å². The molecule has 0 amide bonds. The molecule has 6 nitrogen and oxygen atoms in total. The van der Waals surface area contributed by atoms with Crippen molar-refractivity contribution < 1.29 is 41.0 Å². The molecule has 0 radical (unpaired) electrons. The summed E-state index contributed by atoms with van der Waals surface area (Å²) in [5.41, 5.74) is 3.75. The van der Waals surface area contributed by atoms with E-state index in [4.69, 9.17) is 18.9 Å². The SMILES string of the molecule is COc1ccc2c(c1OC)C[NH+](C)CCc1cc3c(cc1C(=O)C2)OCO3.[Cl-]. The van der Waals surface area contributed by atoms with Crippen LogP contribution in [0.3, 0.4) is 0 Å². The van der Waals surface area contributed by atoms with Crippen LogP contribution in [0.4, 0.5) is 0 Å². The number of methoxy groups -OCH3 is 2. The van der Waals surface area contributed by atoms with Crippen LogP contribution in [-0.4, -0.2) is 40.4 Å². The number of benzene rings is 2. The molecular formula is C21H24ClNO5. The number of Topliss-reactive ketones (excluding diaryl/α,β-unsaturated/α-hetero) is 1. The molecule has 2 aromatic carbocycles. The van der Waals surface area contributed by atoms with Crippen molar-refractivity contribution in [2.24, 2.45) is 0 Å². The number of ether oxygens (including phenoxy) is 4. The van der Waals surface area contributed by atoms with Gasteiger partial charge in [0.05, 0.1) is 33.4 Å². The molecule has 0 bridgehead atoms. The highest BCUT2D eigenvalue weighted by molar-refractivity contribution is 6.00. The van der Waals surface area contributed by atoms with Crippen LogP contribution in [0.5, 0.6) is 23.0 Å². The quantitative estimate of drug-likeness (QED) is 0.654. The molecule has 2 aliphatic heterocycles. The van der Waals surface area contributed by atoms with Gasteiger partial charge in [-0.2, -0.15) is 0 Å². The van der Waals surface area contributed by atoms with E-state index in [-0.39, 0.29) is 25.0 Å². The van der Waals surface area contributed by atoms with Gasteiger partial charge in [0.25, 0.3) is 0 Å². The van der Waals surface area contributed by atoms with E-state index in [0.717, 1.165) is 47.5 Å². The van der Waals surface area contributed by atoms with Gasteiger partial charge in [0.15, 0.2) is 28.8 Å². The highest BCUT2D eigenvalue weighted by Crippen LogP contribution is 2.37. The maximum Gasteiger partial charge on any atom is 0.231 e. The molecule has 0 saturated carbocycles. The third-order valence-corrected chi connectivity index (χ3v) is 5.29. The fraction of sp³-hybridized carbons (Fsp3) is 0.381. The number of carbonyl (C=O) groups excluding carboxylic acids is 1. The van der Waals surface area contributed by atoms with Crippen LogP contribution < -0.4 is 36.3 Å². The minimum atomic E-state index is 0. The largest absolute Gasteiger partial charge is 1.00 e. The van der Waals surface area contributed by atoms with E-state index in [2.05, 4.69) is 7.05 Å². The Morgan fingerprint density at radius 1 is 1.04 bits per heavy atom. The molecule has 1 unspecified atom stereocenters. The number of nitrogens with one attached hydrogen (secondary N) is 1. The summed E-state index contributed by atoms with van der Waals surface area (Å²) in [5, 5.41) is 0. The van der Waals surface area contributed by atoms with Gasteiger partial charge in [0.2, 0.25) is 6.79 Å². The molecule has 2 aliphatic rings. The molecule has 0 fully saturated rings. The van der Waals surface area contributed by atoms with Crippen molar-refractivity contribution in [3.05, 3.63) is 46.5 Å². The van der Waals surface area contributed by atoms with Crippen molar-refractivity contribution in [1.29, 1.82) is 0 Å². The zero-order valence-corrected chi connectivity index (χ0v) is 17.0. The first-order valence-electron chi connectivity index (χ1n) is 9.10. The van der Waals surface area contributed by atoms with Gasteiger partial charge >= 0.3 is 0 Å². The van der Waals surface area contributed by atoms with Gasteiger partial charge in [-0.05, 0) is 29.3 Å². The minimum absolute atomic E-state index is 0. The van der Waals surface area contributed by atoms with E-state index in [1.807, 2.05) is 24.3 Å². The Morgan fingerprint density at radius 2 is 1.79 bits per heavy atom. The normalized spacial score (nSPS) is 17.8. The zero-order chi connectivity index (χ0) is 19.0. The summed E-state index contributed by atoms with van der Waals surface area (Å²) in [6.07, 6.45) is 1.11. The van der Waals surface area contributed by atoms with Gasteiger partial charge in [-0.1, -0.05) is 6.07 Å². The number of halogens is 1. The van der Waals surface area contributed by atoms with Gasteiger partial charge in [-0.3, -0.25) is 4.79 Å². The Bertz CT molecular complexity index is 899. The molecule has 2 heterocycles. The van der Waals surface area contributed by atoms with Gasteiger partial charge in [0.1, 0.15) is 6.54 Å². The van der Waals surface area contributed by atoms with Crippen LogP contribution in [0, 0.1) is 0 Å². The van der Waals surface area contributed by atoms with Crippen LogP contribution >= 0.6 is 0 Å². The Morgan fingerprint density at radius 3 is 2.50 bits per heavy atom. The summed E-state index contributed by atoms with van der Waals surface area (Å²) in [6, 6.07) is 7.63. The van der Waals surface area contributed by atoms with Crippen molar-refractivity contribution >= 4 is 5.78 Å². The van der Waals surface area contributed by atoms with E-state index in [1.54, 1.807) is 14.2 Å². The maximum absolute atomic E-state index is 13.1. The predicted octanol–water partition coefficient (Wildman–Crippen LogP) is -1.57. The molecule has 0 aromatic heterocycles. The molecule has 150 valence electrons. The number of ketones is 1. The number of likely N-dealkylation sites (N-methyl/N-ethyl adjacent to an activating group) is 1. The van der Waals surface area contributed by atoms with E-state index in [1.165, 1.54) is 4.90 Å². The number of fused-ring (bicyclic) bond motifs is 3. The fourth-order valence-corrected chi connectivity index (χ4v) is 3.85. The fourth-order valence-electron chi connectivity index (χ4n) is 3.85. The van der Waals surface area contributed by atoms with Crippen LogP contribution in [0.1, 0.15) is 27.0 Å². The third-order valence-electron chi connectivity index (χ3n) is 5.29. The standard InChI is InChI=1S/C21H23NO5.ClH/c1-22-7-6-14-9-19-20(27-12-26-19)10-15(14)17(23)8-13-4-5-18(24-2)21(25-3)16(13)11-22;/h4-5,9-10H,6-8,11-12H2,1-3H3;1H. The van der Waals surface area contributed by atoms with Crippen LogP contribution in [0.2, 0.25) is 0 Å². The monoisotopic (exact) mass is 405 g/mol. The first-order chi connectivity index (χ1) is 13.1. The van der Waals surface area contributed by atoms with Crippen molar-refractivity contribution in [3.8, 4) is 23.0 Å². The highest BCUT2D eigenvalue weighted by Gasteiger charge is 2.26. The van der Waals surface area contributed by atoms with E-state index < -0.39 is 0 Å². The first kappa shape index (κ1) is 20.3. The summed E-state index contributed by atoms with van der Waals surface area (Å²) in [5.74, 6) is 2.86. The molecule has 0 aliphatic carbocycles. The Balaban J connectivity index is 0.00000225. The molecule has 0 saturated heterocycles. The zero-order valence-electron chi connectivity index (χ0n) is 16.3. The highest BCUT2D eigenvalue weighted by atomic mass is 35.5. The minimum Gasteiger partial charge on any atom is -1.00 e. The van der Waals surface area contributed by atoms with Crippen LogP contribution in [0.25, 0.3) is 0 Å². The summed E-state index contributed by atoms with van der Waals surface area (Å²) >= 11 is 0. The average molecular weight is 406 g/mol. The lowest BCUT2D eigenvalue weighted by atomic mass is 9.92. The van der Waals surface area contributed by atoms with E-state index >= 15 is 0 Å². The van der Waals surface area contributed by atoms with Crippen LogP contribution in [-0.2, 0) is 19.4 Å². The van der Waals surface area contributed by atoms with Gasteiger partial charge in [-0.15, -0.1) is 0 Å². The summed E-state index contributed by atoms with van der Waals surface area (Å²) in [4.78, 5) is 14.5. The Hall–Kier alpha value is -2.44. The molecular weight excluding hydrogens is 382 g/mol. The molecule has 0 spiro atoms. The van der Waals surface area contributed by atoms with Crippen molar-refractivity contribution in [1.82, 2.24) is 0 Å². The summed E-state index contributed by atoms with van der Waals surface area (Å²) in [6.45, 7) is 1.86. The summed E-state index contributed by atoms with van der Waals surface area (Å²) < 4.78 is 22.1. The van der Waals surface area contributed by atoms with Crippen molar-refractivity contribution in [2.75, 3.05) is 34.6 Å². The Labute approximate surface area is 170 Å². The number of carbonyl (C=O) groups is 1. The molecule has 28 heavy (non-hydrogen) atoms. The topological polar surface area (TPSA) is 58.4 Å². The Kier molecular flexibility index (Phi) is 6.01. The second-order valence-corrected chi connectivity index (χ2v) is 7.04. The lowest BCUT2D eigenvalue weighted by molar-refractivity contribution is -0.893. The number of hydrogen-bond donors (Lipinski definition) is 1. The second-order valence-electron chi connectivity index (χ2n) is 7.04. The van der Waals surface area contributed by atoms with Gasteiger partial charge in [0, 0.05) is 18.4 Å². The van der Waals surface area contributed by atoms with E-state index in [9.17, 15) is 4.79 Å². The maximum atomic E-state index is 13.1. The summed E-state index contributed by atoms with van der Waals surface area (Å²) in [7, 11) is 5.42. The van der Waals surface area contributed by atoms with E-state index in [0.29, 0.717) is 23.7 Å². The van der Waals surface area contributed by atoms with Crippen molar-refractivity contribution in [2.45, 2.75) is 19.4 Å². The smallest absolute Gasteiger partial charge is 0.231 e. The number of rotatable bonds is 2. The molecule has 7 heteroatoms. The second kappa shape index (κ2) is 8.29. The van der Waals surface area contributed by atoms with Gasteiger partial charge < -0.3 is 36.3 Å². The number of quaternary nitrogens is 1. The molecule has 1 atom stereocenters. The molecule has 1 N–H and O–H groups in total. The van der Waals surface area contributed by atoms with Crippen molar-refractivity contribution in [3.63, 3.8) is 0 Å². The average Bonchev–Trinajstić information content (AvgIpc) is 3.13. The number of hydrogen-bond acceptors (Lipinski definition) is 5. The molecule has 4 rings (SSSR count). The lowest BCUT2D eigenvalue weighted by Gasteiger charge is -2.22. The van der Waals surface area contributed by atoms with Crippen LogP contribution in [0.15, 0.2) is 24.3 Å². The lowest BCUT2D eigenvalue weighted by Crippen LogP contribution is -3.07. The first-order valence-corrected chi connectivity index (χ1v) is 9.10. The predicted molar refractivity (Wildman–Crippen MR) is 99.3 cm³/mol. The molecule has 2 aromatic rings.